The van der Waals surface area contributed by atoms with Gasteiger partial charge in [-0.25, -0.2) is 4.98 Å². The molecule has 1 heterocycles. The molecule has 2 N–H and O–H groups in total. The van der Waals surface area contributed by atoms with Crippen LogP contribution < -0.4 is 5.73 Å². The molecule has 0 spiro atoms. The molecule has 0 saturated heterocycles. The fourth-order valence-corrected chi connectivity index (χ4v) is 2.63. The summed E-state index contributed by atoms with van der Waals surface area (Å²) < 4.78 is 0. The molecule has 0 aliphatic carbocycles. The molecule has 0 fully saturated rings. The summed E-state index contributed by atoms with van der Waals surface area (Å²) in [5.41, 5.74) is 6.74. The minimum atomic E-state index is 0.575. The molecule has 0 saturated carbocycles. The summed E-state index contributed by atoms with van der Waals surface area (Å²) in [4.78, 5) is 9.01. The van der Waals surface area contributed by atoms with Gasteiger partial charge >= 0.3 is 0 Å². The van der Waals surface area contributed by atoms with Crippen LogP contribution in [0.25, 0.3) is 0 Å². The third-order valence-corrected chi connectivity index (χ3v) is 3.61. The van der Waals surface area contributed by atoms with Gasteiger partial charge in [-0.1, -0.05) is 6.92 Å². The molecule has 1 aromatic heterocycles. The number of nitrogens with zero attached hydrogens (tertiary/aromatic N) is 3. The number of hydrogen-bond donors (Lipinski definition) is 1. The Hall–Kier alpha value is -0.650. The average Bonchev–Trinajstić information content (AvgIpc) is 2.64. The van der Waals surface area contributed by atoms with Crippen LogP contribution in [0.2, 0.25) is 0 Å². The highest BCUT2D eigenvalue weighted by Crippen LogP contribution is 2.12. The zero-order valence-corrected chi connectivity index (χ0v) is 12.1. The van der Waals surface area contributed by atoms with E-state index in [-0.39, 0.29) is 0 Å². The topological polar surface area (TPSA) is 45.4 Å². The standard InChI is InChI=1S/C12H24N4S/c1-5-16(10(2)8-15(3)4)7-6-11-9-17-12(13)14-11/h9-10H,5-8H2,1-4H3,(H2,13,14). The van der Waals surface area contributed by atoms with Crippen molar-refractivity contribution in [2.24, 2.45) is 0 Å². The van der Waals surface area contributed by atoms with E-state index in [9.17, 15) is 0 Å². The van der Waals surface area contributed by atoms with Crippen LogP contribution in [0.5, 0.6) is 0 Å². The van der Waals surface area contributed by atoms with Gasteiger partial charge in [-0.05, 0) is 27.6 Å². The fraction of sp³-hybridized carbons (Fsp3) is 0.750. The van der Waals surface area contributed by atoms with Gasteiger partial charge in [0.2, 0.25) is 0 Å². The molecule has 0 aliphatic heterocycles. The van der Waals surface area contributed by atoms with Crippen LogP contribution in [0.15, 0.2) is 5.38 Å². The van der Waals surface area contributed by atoms with Gasteiger partial charge in [0.15, 0.2) is 5.13 Å². The van der Waals surface area contributed by atoms with E-state index >= 15 is 0 Å². The van der Waals surface area contributed by atoms with Crippen molar-refractivity contribution in [3.8, 4) is 0 Å². The first-order valence-corrected chi connectivity index (χ1v) is 6.99. The molecule has 1 rings (SSSR count). The Morgan fingerprint density at radius 3 is 2.65 bits per heavy atom. The Bertz CT molecular complexity index is 324. The molecule has 0 bridgehead atoms. The first kappa shape index (κ1) is 14.4. The van der Waals surface area contributed by atoms with Crippen LogP contribution in [0, 0.1) is 0 Å². The minimum absolute atomic E-state index is 0.575. The first-order valence-electron chi connectivity index (χ1n) is 6.11. The van der Waals surface area contributed by atoms with Gasteiger partial charge in [0.25, 0.3) is 0 Å². The Morgan fingerprint density at radius 1 is 1.47 bits per heavy atom. The summed E-state index contributed by atoms with van der Waals surface area (Å²) in [5.74, 6) is 0. The Morgan fingerprint density at radius 2 is 2.18 bits per heavy atom. The molecule has 0 aliphatic rings. The third-order valence-electron chi connectivity index (χ3n) is 2.88. The zero-order chi connectivity index (χ0) is 12.8. The lowest BCUT2D eigenvalue weighted by atomic mass is 10.2. The summed E-state index contributed by atoms with van der Waals surface area (Å²) in [6.45, 7) is 7.71. The van der Waals surface area contributed by atoms with E-state index in [0.717, 1.165) is 31.7 Å². The molecule has 17 heavy (non-hydrogen) atoms. The smallest absolute Gasteiger partial charge is 0.180 e. The number of anilines is 1. The lowest BCUT2D eigenvalue weighted by molar-refractivity contribution is 0.183. The third kappa shape index (κ3) is 5.02. The van der Waals surface area contributed by atoms with Crippen LogP contribution >= 0.6 is 11.3 Å². The highest BCUT2D eigenvalue weighted by molar-refractivity contribution is 7.13. The van der Waals surface area contributed by atoms with Crippen molar-refractivity contribution in [2.45, 2.75) is 26.3 Å². The van der Waals surface area contributed by atoms with Crippen molar-refractivity contribution in [3.63, 3.8) is 0 Å². The lowest BCUT2D eigenvalue weighted by Crippen LogP contribution is -2.41. The van der Waals surface area contributed by atoms with E-state index in [1.54, 1.807) is 0 Å². The average molecular weight is 256 g/mol. The predicted octanol–water partition coefficient (Wildman–Crippen LogP) is 1.54. The van der Waals surface area contributed by atoms with Gasteiger partial charge in [0, 0.05) is 30.9 Å². The maximum atomic E-state index is 5.63. The predicted molar refractivity (Wildman–Crippen MR) is 75.5 cm³/mol. The second kappa shape index (κ2) is 6.93. The Labute approximate surface area is 108 Å². The summed E-state index contributed by atoms with van der Waals surface area (Å²) in [7, 11) is 4.23. The van der Waals surface area contributed by atoms with E-state index in [1.165, 1.54) is 11.3 Å². The quantitative estimate of drug-likeness (QED) is 0.804. The van der Waals surface area contributed by atoms with Crippen molar-refractivity contribution in [1.29, 1.82) is 0 Å². The number of nitrogen functional groups attached to an aromatic ring is 1. The maximum Gasteiger partial charge on any atom is 0.180 e. The number of nitrogens with two attached hydrogens (primary N) is 1. The van der Waals surface area contributed by atoms with E-state index in [4.69, 9.17) is 5.73 Å². The van der Waals surface area contributed by atoms with Gasteiger partial charge in [-0.15, -0.1) is 11.3 Å². The lowest BCUT2D eigenvalue weighted by Gasteiger charge is -2.29. The van der Waals surface area contributed by atoms with E-state index in [0.29, 0.717) is 11.2 Å². The van der Waals surface area contributed by atoms with Crippen LogP contribution in [-0.2, 0) is 6.42 Å². The molecule has 0 radical (unpaired) electrons. The number of hydrogen-bond acceptors (Lipinski definition) is 5. The van der Waals surface area contributed by atoms with Crippen LogP contribution in [0.3, 0.4) is 0 Å². The number of rotatable bonds is 7. The second-order valence-electron chi connectivity index (χ2n) is 4.67. The normalized spacial score (nSPS) is 13.5. The van der Waals surface area contributed by atoms with Gasteiger partial charge in [-0.2, -0.15) is 0 Å². The van der Waals surface area contributed by atoms with Crippen LogP contribution in [0.1, 0.15) is 19.5 Å². The highest BCUT2D eigenvalue weighted by Gasteiger charge is 2.13. The van der Waals surface area contributed by atoms with Crippen LogP contribution in [-0.4, -0.2) is 54.6 Å². The monoisotopic (exact) mass is 256 g/mol. The zero-order valence-electron chi connectivity index (χ0n) is 11.3. The van der Waals surface area contributed by atoms with Crippen molar-refractivity contribution >= 4 is 16.5 Å². The van der Waals surface area contributed by atoms with Gasteiger partial charge in [0.1, 0.15) is 0 Å². The number of thiazole rings is 1. The molecular formula is C12H24N4S. The van der Waals surface area contributed by atoms with Gasteiger partial charge in [0.05, 0.1) is 5.69 Å². The summed E-state index contributed by atoms with van der Waals surface area (Å²) >= 11 is 1.52. The Kier molecular flexibility index (Phi) is 5.88. The fourth-order valence-electron chi connectivity index (χ4n) is 2.03. The molecule has 1 unspecified atom stereocenters. The summed E-state index contributed by atoms with van der Waals surface area (Å²) in [6.07, 6.45) is 0.985. The van der Waals surface area contributed by atoms with Crippen molar-refractivity contribution in [3.05, 3.63) is 11.1 Å². The first-order chi connectivity index (χ1) is 8.02. The number of aromatic nitrogens is 1. The van der Waals surface area contributed by atoms with Crippen molar-refractivity contribution < 1.29 is 0 Å². The molecule has 98 valence electrons. The van der Waals surface area contributed by atoms with E-state index in [2.05, 4.69) is 48.1 Å². The van der Waals surface area contributed by atoms with Crippen LogP contribution in [0.4, 0.5) is 5.13 Å². The minimum Gasteiger partial charge on any atom is -0.375 e. The largest absolute Gasteiger partial charge is 0.375 e. The maximum absolute atomic E-state index is 5.63. The Balaban J connectivity index is 2.41. The molecule has 4 nitrogen and oxygen atoms in total. The molecule has 1 aromatic rings. The van der Waals surface area contributed by atoms with E-state index in [1.807, 2.05) is 0 Å². The summed E-state index contributed by atoms with van der Waals surface area (Å²) in [5, 5.41) is 2.73. The molecule has 0 amide bonds. The molecule has 1 atom stereocenters. The molecule has 5 heteroatoms. The highest BCUT2D eigenvalue weighted by atomic mass is 32.1. The van der Waals surface area contributed by atoms with Gasteiger partial charge < -0.3 is 10.6 Å². The second-order valence-corrected chi connectivity index (χ2v) is 5.56. The summed E-state index contributed by atoms with van der Waals surface area (Å²) in [6, 6.07) is 0.575. The number of likely N-dealkylation sites (N-methyl/N-ethyl adjacent to an activating group) is 2. The molecular weight excluding hydrogens is 232 g/mol. The van der Waals surface area contributed by atoms with Crippen molar-refractivity contribution in [1.82, 2.24) is 14.8 Å². The molecule has 0 aromatic carbocycles. The van der Waals surface area contributed by atoms with Crippen molar-refractivity contribution in [2.75, 3.05) is 39.5 Å². The van der Waals surface area contributed by atoms with Gasteiger partial charge in [-0.3, -0.25) is 4.90 Å². The van der Waals surface area contributed by atoms with E-state index < -0.39 is 0 Å². The SMILES string of the molecule is CCN(CCc1csc(N)n1)C(C)CN(C)C.